The number of hydrogen-bond donors (Lipinski definition) is 2. The summed E-state index contributed by atoms with van der Waals surface area (Å²) < 4.78 is 11.2. The fraction of sp³-hybridized carbons (Fsp3) is 0.320. The third-order valence-corrected chi connectivity index (χ3v) is 6.53. The Morgan fingerprint density at radius 2 is 1.78 bits per heavy atom. The number of aromatic nitrogens is 2. The second-order valence-corrected chi connectivity index (χ2v) is 9.15. The minimum Gasteiger partial charge on any atom is -0.493 e. The quantitative estimate of drug-likeness (QED) is 0.436. The second-order valence-electron chi connectivity index (χ2n) is 8.34. The molecular formula is C25H27Cl2N5O4. The van der Waals surface area contributed by atoms with Crippen molar-refractivity contribution in [1.29, 1.82) is 0 Å². The van der Waals surface area contributed by atoms with Crippen molar-refractivity contribution in [3.8, 4) is 11.5 Å². The summed E-state index contributed by atoms with van der Waals surface area (Å²) in [6, 6.07) is 13.2. The number of nitrogens with zero attached hydrogens (tertiary/aromatic N) is 3. The van der Waals surface area contributed by atoms with Gasteiger partial charge in [0.15, 0.2) is 18.1 Å². The summed E-state index contributed by atoms with van der Waals surface area (Å²) in [5.74, 6) is 0.907. The zero-order valence-electron chi connectivity index (χ0n) is 19.8. The van der Waals surface area contributed by atoms with Crippen LogP contribution in [0.3, 0.4) is 0 Å². The lowest BCUT2D eigenvalue weighted by Crippen LogP contribution is -2.49. The minimum absolute atomic E-state index is 0.0360. The molecule has 3 aromatic rings. The SMILES string of the molecule is COc1ccc(CNc2cn[nH]c(=O)c2Cl)cc1OCC(=O)N1CCN(Cc2ccc(Cl)cc2)CC1. The molecular weight excluding hydrogens is 505 g/mol. The first-order valence-corrected chi connectivity index (χ1v) is 12.2. The van der Waals surface area contributed by atoms with Gasteiger partial charge in [-0.05, 0) is 35.4 Å². The van der Waals surface area contributed by atoms with E-state index in [4.69, 9.17) is 32.7 Å². The number of hydrogen-bond acceptors (Lipinski definition) is 7. The molecule has 2 heterocycles. The Balaban J connectivity index is 1.29. The average molecular weight is 532 g/mol. The summed E-state index contributed by atoms with van der Waals surface area (Å²) in [7, 11) is 1.55. The first-order chi connectivity index (χ1) is 17.4. The van der Waals surface area contributed by atoms with Crippen molar-refractivity contribution in [1.82, 2.24) is 20.0 Å². The number of rotatable bonds is 9. The van der Waals surface area contributed by atoms with Crippen LogP contribution in [0.15, 0.2) is 53.5 Å². The molecule has 0 radical (unpaired) electrons. The largest absolute Gasteiger partial charge is 0.493 e. The Kier molecular flexibility index (Phi) is 8.69. The molecule has 0 bridgehead atoms. The van der Waals surface area contributed by atoms with E-state index in [9.17, 15) is 9.59 Å². The van der Waals surface area contributed by atoms with Gasteiger partial charge >= 0.3 is 0 Å². The average Bonchev–Trinajstić information content (AvgIpc) is 2.90. The minimum atomic E-state index is -0.468. The van der Waals surface area contributed by atoms with E-state index in [-0.39, 0.29) is 17.5 Å². The van der Waals surface area contributed by atoms with E-state index < -0.39 is 5.56 Å². The van der Waals surface area contributed by atoms with Crippen molar-refractivity contribution < 1.29 is 14.3 Å². The van der Waals surface area contributed by atoms with Gasteiger partial charge in [0, 0.05) is 44.3 Å². The fourth-order valence-corrected chi connectivity index (χ4v) is 4.17. The maximum atomic E-state index is 12.8. The molecule has 0 atom stereocenters. The maximum Gasteiger partial charge on any atom is 0.285 e. The number of H-pyrrole nitrogens is 1. The summed E-state index contributed by atoms with van der Waals surface area (Å²) in [6.45, 7) is 3.97. The van der Waals surface area contributed by atoms with E-state index in [0.29, 0.717) is 36.8 Å². The van der Waals surface area contributed by atoms with E-state index >= 15 is 0 Å². The molecule has 2 N–H and O–H groups in total. The van der Waals surface area contributed by atoms with Crippen LogP contribution in [-0.4, -0.2) is 65.8 Å². The summed E-state index contributed by atoms with van der Waals surface area (Å²) in [5.41, 5.74) is 2.00. The number of aromatic amines is 1. The highest BCUT2D eigenvalue weighted by molar-refractivity contribution is 6.32. The maximum absolute atomic E-state index is 12.8. The highest BCUT2D eigenvalue weighted by Gasteiger charge is 2.22. The van der Waals surface area contributed by atoms with Crippen LogP contribution in [-0.2, 0) is 17.9 Å². The molecule has 1 amide bonds. The van der Waals surface area contributed by atoms with Gasteiger partial charge in [0.2, 0.25) is 0 Å². The van der Waals surface area contributed by atoms with Gasteiger partial charge in [-0.3, -0.25) is 14.5 Å². The molecule has 36 heavy (non-hydrogen) atoms. The number of anilines is 1. The molecule has 0 saturated carbocycles. The summed E-state index contributed by atoms with van der Waals surface area (Å²) in [6.07, 6.45) is 1.44. The first-order valence-electron chi connectivity index (χ1n) is 11.4. The first kappa shape index (κ1) is 25.8. The number of benzene rings is 2. The second kappa shape index (κ2) is 12.1. The fourth-order valence-electron chi connectivity index (χ4n) is 3.88. The number of carbonyl (C=O) groups is 1. The van der Waals surface area contributed by atoms with Gasteiger partial charge < -0.3 is 19.7 Å². The number of piperazine rings is 1. The van der Waals surface area contributed by atoms with Gasteiger partial charge in [0.1, 0.15) is 5.02 Å². The van der Waals surface area contributed by atoms with Gasteiger partial charge in [-0.25, -0.2) is 5.10 Å². The third kappa shape index (κ3) is 6.69. The number of amides is 1. The molecule has 2 aromatic carbocycles. The lowest BCUT2D eigenvalue weighted by Gasteiger charge is -2.34. The Bertz CT molecular complexity index is 1240. The van der Waals surface area contributed by atoms with Crippen molar-refractivity contribution in [2.75, 3.05) is 45.2 Å². The van der Waals surface area contributed by atoms with E-state index in [1.165, 1.54) is 11.8 Å². The molecule has 0 unspecified atom stereocenters. The molecule has 11 heteroatoms. The van der Waals surface area contributed by atoms with Crippen LogP contribution in [0, 0.1) is 0 Å². The van der Waals surface area contributed by atoms with Crippen molar-refractivity contribution in [2.24, 2.45) is 0 Å². The standard InChI is InChI=1S/C25H27Cl2N5O4/c1-35-21-7-4-18(13-28-20-14-29-30-25(34)24(20)27)12-22(21)36-16-23(33)32-10-8-31(9-11-32)15-17-2-5-19(26)6-3-17/h2-7,12,14H,8-11,13,15-16H2,1H3,(H2,28,30,34). The van der Waals surface area contributed by atoms with Crippen LogP contribution in [0.25, 0.3) is 0 Å². The van der Waals surface area contributed by atoms with Crippen LogP contribution in [0.2, 0.25) is 10.0 Å². The lowest BCUT2D eigenvalue weighted by molar-refractivity contribution is -0.135. The van der Waals surface area contributed by atoms with E-state index in [0.717, 1.165) is 30.2 Å². The molecule has 0 aliphatic carbocycles. The zero-order valence-corrected chi connectivity index (χ0v) is 21.3. The van der Waals surface area contributed by atoms with Gasteiger partial charge in [-0.15, -0.1) is 0 Å². The van der Waals surface area contributed by atoms with Crippen LogP contribution >= 0.6 is 23.2 Å². The molecule has 1 aromatic heterocycles. The molecule has 1 aliphatic rings. The third-order valence-electron chi connectivity index (χ3n) is 5.90. The predicted molar refractivity (Wildman–Crippen MR) is 139 cm³/mol. The summed E-state index contributed by atoms with van der Waals surface area (Å²) in [5, 5.41) is 9.86. The molecule has 9 nitrogen and oxygen atoms in total. The molecule has 190 valence electrons. The Morgan fingerprint density at radius 1 is 1.06 bits per heavy atom. The summed E-state index contributed by atoms with van der Waals surface area (Å²) >= 11 is 12.0. The summed E-state index contributed by atoms with van der Waals surface area (Å²) in [4.78, 5) is 28.5. The normalized spacial score (nSPS) is 13.9. The van der Waals surface area contributed by atoms with Gasteiger partial charge in [-0.2, -0.15) is 5.10 Å². The Hall–Kier alpha value is -3.27. The van der Waals surface area contributed by atoms with E-state index in [2.05, 4.69) is 20.4 Å². The number of halogens is 2. The van der Waals surface area contributed by atoms with Crippen LogP contribution in [0.1, 0.15) is 11.1 Å². The highest BCUT2D eigenvalue weighted by atomic mass is 35.5. The van der Waals surface area contributed by atoms with E-state index in [1.54, 1.807) is 19.2 Å². The molecule has 1 saturated heterocycles. The van der Waals surface area contributed by atoms with Crippen molar-refractivity contribution in [2.45, 2.75) is 13.1 Å². The van der Waals surface area contributed by atoms with Crippen LogP contribution < -0.4 is 20.3 Å². The topological polar surface area (TPSA) is 99.8 Å². The van der Waals surface area contributed by atoms with Gasteiger partial charge in [0.25, 0.3) is 11.5 Å². The monoisotopic (exact) mass is 531 g/mol. The number of carbonyl (C=O) groups excluding carboxylic acids is 1. The van der Waals surface area contributed by atoms with Gasteiger partial charge in [0.05, 0.1) is 19.0 Å². The molecule has 0 spiro atoms. The molecule has 4 rings (SSSR count). The molecule has 1 fully saturated rings. The number of ether oxygens (including phenoxy) is 2. The van der Waals surface area contributed by atoms with E-state index in [1.807, 2.05) is 35.2 Å². The van der Waals surface area contributed by atoms with Crippen molar-refractivity contribution >= 4 is 34.8 Å². The highest BCUT2D eigenvalue weighted by Crippen LogP contribution is 2.29. The predicted octanol–water partition coefficient (Wildman–Crippen LogP) is 3.42. The Labute approximate surface area is 218 Å². The zero-order chi connectivity index (χ0) is 25.5. The number of nitrogens with one attached hydrogen (secondary N) is 2. The van der Waals surface area contributed by atoms with Crippen molar-refractivity contribution in [3.05, 3.63) is 80.2 Å². The molecule has 1 aliphatic heterocycles. The van der Waals surface area contributed by atoms with Gasteiger partial charge in [-0.1, -0.05) is 41.4 Å². The Morgan fingerprint density at radius 3 is 2.50 bits per heavy atom. The van der Waals surface area contributed by atoms with Crippen LogP contribution in [0.5, 0.6) is 11.5 Å². The number of methoxy groups -OCH3 is 1. The smallest absolute Gasteiger partial charge is 0.285 e. The van der Waals surface area contributed by atoms with Crippen molar-refractivity contribution in [3.63, 3.8) is 0 Å². The lowest BCUT2D eigenvalue weighted by atomic mass is 10.2. The van der Waals surface area contributed by atoms with Crippen LogP contribution in [0.4, 0.5) is 5.69 Å².